The van der Waals surface area contributed by atoms with Crippen LogP contribution >= 0.6 is 11.6 Å². The van der Waals surface area contributed by atoms with Crippen LogP contribution in [0.4, 0.5) is 15.9 Å². The van der Waals surface area contributed by atoms with Crippen molar-refractivity contribution in [2.75, 3.05) is 11.9 Å². The molecule has 1 heterocycles. The molecule has 0 fully saturated rings. The quantitative estimate of drug-likeness (QED) is 0.890. The molecule has 0 unspecified atom stereocenters. The van der Waals surface area contributed by atoms with E-state index in [0.717, 1.165) is 6.42 Å². The summed E-state index contributed by atoms with van der Waals surface area (Å²) in [7, 11) is 0. The van der Waals surface area contributed by atoms with E-state index in [-0.39, 0.29) is 16.6 Å². The lowest BCUT2D eigenvalue weighted by molar-refractivity contribution is 0.0947. The molecule has 0 spiro atoms. The number of carbonyl (C=O) groups excluding carboxylic acids is 1. The molecule has 5 nitrogen and oxygen atoms in total. The highest BCUT2D eigenvalue weighted by atomic mass is 35.5. The summed E-state index contributed by atoms with van der Waals surface area (Å²) in [6.07, 6.45) is 0.851. The van der Waals surface area contributed by atoms with E-state index in [0.29, 0.717) is 18.1 Å². The van der Waals surface area contributed by atoms with Gasteiger partial charge in [-0.25, -0.2) is 4.39 Å². The third kappa shape index (κ3) is 4.13. The van der Waals surface area contributed by atoms with Gasteiger partial charge in [-0.3, -0.25) is 4.79 Å². The molecular weight excluding hydrogens is 295 g/mol. The summed E-state index contributed by atoms with van der Waals surface area (Å²) in [5.41, 5.74) is 0.824. The molecule has 21 heavy (non-hydrogen) atoms. The van der Waals surface area contributed by atoms with Gasteiger partial charge in [0.1, 0.15) is 5.82 Å². The van der Waals surface area contributed by atoms with E-state index < -0.39 is 5.82 Å². The van der Waals surface area contributed by atoms with Crippen LogP contribution in [-0.2, 0) is 0 Å². The first-order valence-electron chi connectivity index (χ1n) is 6.44. The van der Waals surface area contributed by atoms with Crippen molar-refractivity contribution in [3.8, 4) is 0 Å². The molecule has 1 aromatic carbocycles. The number of hydrogen-bond acceptors (Lipinski definition) is 4. The monoisotopic (exact) mass is 308 g/mol. The summed E-state index contributed by atoms with van der Waals surface area (Å²) in [6.45, 7) is 2.56. The molecule has 0 aliphatic carbocycles. The molecule has 0 aliphatic rings. The van der Waals surface area contributed by atoms with Gasteiger partial charge in [0.25, 0.3) is 5.91 Å². The van der Waals surface area contributed by atoms with Crippen molar-refractivity contribution in [3.05, 3.63) is 46.9 Å². The van der Waals surface area contributed by atoms with Crippen molar-refractivity contribution < 1.29 is 9.18 Å². The average molecular weight is 309 g/mol. The van der Waals surface area contributed by atoms with Crippen LogP contribution in [-0.4, -0.2) is 22.6 Å². The molecule has 0 bridgehead atoms. The van der Waals surface area contributed by atoms with Crippen molar-refractivity contribution in [1.29, 1.82) is 0 Å². The van der Waals surface area contributed by atoms with Crippen LogP contribution in [0.2, 0.25) is 5.02 Å². The molecule has 2 N–H and O–H groups in total. The highest BCUT2D eigenvalue weighted by Gasteiger charge is 2.07. The Labute approximate surface area is 126 Å². The molecule has 110 valence electrons. The number of rotatable bonds is 5. The van der Waals surface area contributed by atoms with E-state index in [1.165, 1.54) is 18.2 Å². The Morgan fingerprint density at radius 2 is 2.10 bits per heavy atom. The molecule has 2 aromatic rings. The first kappa shape index (κ1) is 15.2. The minimum absolute atomic E-state index is 0.0172. The molecule has 2 rings (SSSR count). The van der Waals surface area contributed by atoms with Crippen molar-refractivity contribution in [3.63, 3.8) is 0 Å². The molecule has 0 saturated carbocycles. The minimum Gasteiger partial charge on any atom is -0.351 e. The van der Waals surface area contributed by atoms with E-state index in [1.807, 2.05) is 6.92 Å². The maximum absolute atomic E-state index is 13.0. The maximum atomic E-state index is 13.0. The fraction of sp³-hybridized carbons (Fsp3) is 0.214. The summed E-state index contributed by atoms with van der Waals surface area (Å²) in [6, 6.07) is 7.41. The lowest BCUT2D eigenvalue weighted by atomic mass is 10.3. The van der Waals surface area contributed by atoms with Gasteiger partial charge in [0.15, 0.2) is 11.5 Å². The Morgan fingerprint density at radius 3 is 2.71 bits per heavy atom. The van der Waals surface area contributed by atoms with Crippen molar-refractivity contribution in [2.24, 2.45) is 0 Å². The van der Waals surface area contributed by atoms with Gasteiger partial charge in [-0.05, 0) is 36.8 Å². The van der Waals surface area contributed by atoms with E-state index in [9.17, 15) is 9.18 Å². The molecule has 0 atom stereocenters. The maximum Gasteiger partial charge on any atom is 0.271 e. The third-order valence-electron chi connectivity index (χ3n) is 2.62. The number of amides is 1. The van der Waals surface area contributed by atoms with E-state index in [1.54, 1.807) is 12.1 Å². The number of aromatic nitrogens is 2. The number of halogens is 2. The predicted octanol–water partition coefficient (Wildman–Crippen LogP) is 3.15. The SMILES string of the molecule is CCCNC(=O)c1ccc(Nc2ccc(F)c(Cl)c2)nn1. The van der Waals surface area contributed by atoms with Gasteiger partial charge in [0.2, 0.25) is 0 Å². The molecular formula is C14H14ClFN4O. The zero-order valence-corrected chi connectivity index (χ0v) is 12.1. The van der Waals surface area contributed by atoms with Gasteiger partial charge in [0.05, 0.1) is 5.02 Å². The highest BCUT2D eigenvalue weighted by Crippen LogP contribution is 2.21. The minimum atomic E-state index is -0.490. The standard InChI is InChI=1S/C14H14ClFN4O/c1-2-7-17-14(21)12-5-6-13(20-19-12)18-9-3-4-11(16)10(15)8-9/h3-6,8H,2,7H2,1H3,(H,17,21)(H,18,20). The third-order valence-corrected chi connectivity index (χ3v) is 2.91. The van der Waals surface area contributed by atoms with Gasteiger partial charge in [-0.2, -0.15) is 0 Å². The molecule has 7 heteroatoms. The second-order valence-electron chi connectivity index (χ2n) is 4.31. The van der Waals surface area contributed by atoms with Gasteiger partial charge in [0, 0.05) is 12.2 Å². The molecule has 1 amide bonds. The number of benzene rings is 1. The van der Waals surface area contributed by atoms with E-state index in [2.05, 4.69) is 20.8 Å². The molecule has 0 aliphatic heterocycles. The average Bonchev–Trinajstić information content (AvgIpc) is 2.49. The van der Waals surface area contributed by atoms with Crippen LogP contribution in [0.5, 0.6) is 0 Å². The van der Waals surface area contributed by atoms with Crippen LogP contribution in [0.25, 0.3) is 0 Å². The Bertz CT molecular complexity index is 633. The molecule has 0 radical (unpaired) electrons. The Kier molecular flexibility index (Phi) is 5.05. The Hall–Kier alpha value is -2.21. The van der Waals surface area contributed by atoms with Crippen LogP contribution in [0.3, 0.4) is 0 Å². The topological polar surface area (TPSA) is 66.9 Å². The number of carbonyl (C=O) groups is 1. The fourth-order valence-electron chi connectivity index (χ4n) is 1.57. The lowest BCUT2D eigenvalue weighted by Crippen LogP contribution is -2.25. The lowest BCUT2D eigenvalue weighted by Gasteiger charge is -2.06. The van der Waals surface area contributed by atoms with E-state index >= 15 is 0 Å². The van der Waals surface area contributed by atoms with Gasteiger partial charge in [-0.15, -0.1) is 10.2 Å². The van der Waals surface area contributed by atoms with Crippen LogP contribution in [0.1, 0.15) is 23.8 Å². The van der Waals surface area contributed by atoms with Crippen LogP contribution < -0.4 is 10.6 Å². The zero-order valence-electron chi connectivity index (χ0n) is 11.4. The van der Waals surface area contributed by atoms with Crippen molar-refractivity contribution in [2.45, 2.75) is 13.3 Å². The van der Waals surface area contributed by atoms with Crippen molar-refractivity contribution in [1.82, 2.24) is 15.5 Å². The van der Waals surface area contributed by atoms with Gasteiger partial charge >= 0.3 is 0 Å². The predicted molar refractivity (Wildman–Crippen MR) is 79.3 cm³/mol. The number of nitrogens with zero attached hydrogens (tertiary/aromatic N) is 2. The summed E-state index contributed by atoms with van der Waals surface area (Å²) in [4.78, 5) is 11.7. The zero-order chi connectivity index (χ0) is 15.2. The normalized spacial score (nSPS) is 10.2. The van der Waals surface area contributed by atoms with Gasteiger partial charge < -0.3 is 10.6 Å². The molecule has 0 saturated heterocycles. The highest BCUT2D eigenvalue weighted by molar-refractivity contribution is 6.31. The number of hydrogen-bond donors (Lipinski definition) is 2. The number of nitrogens with one attached hydrogen (secondary N) is 2. The van der Waals surface area contributed by atoms with Crippen LogP contribution in [0.15, 0.2) is 30.3 Å². The smallest absolute Gasteiger partial charge is 0.271 e. The fourth-order valence-corrected chi connectivity index (χ4v) is 1.75. The Balaban J connectivity index is 2.05. The first-order chi connectivity index (χ1) is 10.1. The summed E-state index contributed by atoms with van der Waals surface area (Å²) in [5, 5.41) is 13.4. The van der Waals surface area contributed by atoms with E-state index in [4.69, 9.17) is 11.6 Å². The Morgan fingerprint density at radius 1 is 1.29 bits per heavy atom. The first-order valence-corrected chi connectivity index (χ1v) is 6.82. The largest absolute Gasteiger partial charge is 0.351 e. The van der Waals surface area contributed by atoms with Gasteiger partial charge in [-0.1, -0.05) is 18.5 Å². The molecule has 1 aromatic heterocycles. The summed E-state index contributed by atoms with van der Waals surface area (Å²) in [5.74, 6) is -0.318. The van der Waals surface area contributed by atoms with Crippen molar-refractivity contribution >= 4 is 29.0 Å². The summed E-state index contributed by atoms with van der Waals surface area (Å²) >= 11 is 5.69. The second kappa shape index (κ2) is 6.99. The second-order valence-corrected chi connectivity index (χ2v) is 4.72. The van der Waals surface area contributed by atoms with Crippen LogP contribution in [0, 0.1) is 5.82 Å². The number of anilines is 2. The summed E-state index contributed by atoms with van der Waals surface area (Å²) < 4.78 is 13.0.